The van der Waals surface area contributed by atoms with E-state index in [4.69, 9.17) is 16.3 Å². The Balaban J connectivity index is 1.67. The lowest BCUT2D eigenvalue weighted by molar-refractivity contribution is 0.102. The second kappa shape index (κ2) is 8.31. The Labute approximate surface area is 156 Å². The summed E-state index contributed by atoms with van der Waals surface area (Å²) in [6, 6.07) is 16.5. The molecule has 0 aliphatic heterocycles. The topological polar surface area (TPSA) is 76.1 Å². The number of benzene rings is 2. The maximum atomic E-state index is 12.4. The monoisotopic (exact) mass is 368 g/mol. The summed E-state index contributed by atoms with van der Waals surface area (Å²) in [7, 11) is 1.53. The number of nitrogens with zero attached hydrogens (tertiary/aromatic N) is 2. The molecule has 1 aromatic heterocycles. The van der Waals surface area contributed by atoms with Crippen molar-refractivity contribution in [3.8, 4) is 5.75 Å². The van der Waals surface area contributed by atoms with Gasteiger partial charge in [0, 0.05) is 18.3 Å². The van der Waals surface area contributed by atoms with Crippen LogP contribution in [0.2, 0.25) is 5.02 Å². The lowest BCUT2D eigenvalue weighted by atomic mass is 10.2. The number of hydrogen-bond donors (Lipinski definition) is 2. The van der Waals surface area contributed by atoms with Crippen LogP contribution in [0.5, 0.6) is 5.75 Å². The smallest absolute Gasteiger partial charge is 0.274 e. The van der Waals surface area contributed by atoms with Crippen molar-refractivity contribution in [1.82, 2.24) is 9.97 Å². The summed E-state index contributed by atoms with van der Waals surface area (Å²) in [6.07, 6.45) is 1.35. The lowest BCUT2D eigenvalue weighted by Gasteiger charge is -2.09. The van der Waals surface area contributed by atoms with Gasteiger partial charge in [0.15, 0.2) is 0 Å². The molecule has 6 nitrogen and oxygen atoms in total. The van der Waals surface area contributed by atoms with E-state index in [1.165, 1.54) is 13.4 Å². The van der Waals surface area contributed by atoms with Crippen LogP contribution in [0.25, 0.3) is 0 Å². The molecule has 0 radical (unpaired) electrons. The van der Waals surface area contributed by atoms with Gasteiger partial charge in [0.05, 0.1) is 12.1 Å². The minimum absolute atomic E-state index is 0.252. The standard InChI is InChI=1S/C19H17ClN4O2/c1-26-17-8-7-14(9-15(17)20)24-19(25)16-10-18(23-12-22-16)21-11-13-5-3-2-4-6-13/h2-10,12H,11H2,1H3,(H,24,25)(H,21,22,23). The van der Waals surface area contributed by atoms with E-state index in [0.717, 1.165) is 5.56 Å². The fraction of sp³-hybridized carbons (Fsp3) is 0.105. The minimum atomic E-state index is -0.351. The SMILES string of the molecule is COc1ccc(NC(=O)c2cc(NCc3ccccc3)ncn2)cc1Cl. The van der Waals surface area contributed by atoms with Crippen LogP contribution in [0.4, 0.5) is 11.5 Å². The van der Waals surface area contributed by atoms with E-state index in [0.29, 0.717) is 28.8 Å². The number of carbonyl (C=O) groups excluding carboxylic acids is 1. The molecule has 0 unspecified atom stereocenters. The number of anilines is 2. The van der Waals surface area contributed by atoms with Gasteiger partial charge < -0.3 is 15.4 Å². The highest BCUT2D eigenvalue weighted by Gasteiger charge is 2.10. The molecule has 0 atom stereocenters. The Bertz CT molecular complexity index is 903. The number of ether oxygens (including phenoxy) is 1. The molecule has 2 aromatic carbocycles. The first-order valence-corrected chi connectivity index (χ1v) is 8.28. The van der Waals surface area contributed by atoms with Gasteiger partial charge in [0.25, 0.3) is 5.91 Å². The number of halogens is 1. The third kappa shape index (κ3) is 4.49. The Morgan fingerprint density at radius 3 is 2.65 bits per heavy atom. The molecule has 3 rings (SSSR count). The average Bonchev–Trinajstić information content (AvgIpc) is 2.67. The van der Waals surface area contributed by atoms with Crippen molar-refractivity contribution < 1.29 is 9.53 Å². The van der Waals surface area contributed by atoms with E-state index in [-0.39, 0.29) is 11.6 Å². The second-order valence-corrected chi connectivity index (χ2v) is 5.84. The van der Waals surface area contributed by atoms with Gasteiger partial charge in [-0.15, -0.1) is 0 Å². The van der Waals surface area contributed by atoms with Crippen LogP contribution in [-0.4, -0.2) is 23.0 Å². The molecule has 2 N–H and O–H groups in total. The van der Waals surface area contributed by atoms with Gasteiger partial charge in [-0.3, -0.25) is 4.79 Å². The average molecular weight is 369 g/mol. The molecule has 0 aliphatic carbocycles. The molecular weight excluding hydrogens is 352 g/mol. The Kier molecular flexibility index (Phi) is 5.66. The molecule has 0 fully saturated rings. The van der Waals surface area contributed by atoms with Gasteiger partial charge in [0.2, 0.25) is 0 Å². The normalized spacial score (nSPS) is 10.2. The van der Waals surface area contributed by atoms with Crippen LogP contribution < -0.4 is 15.4 Å². The highest BCUT2D eigenvalue weighted by molar-refractivity contribution is 6.32. The predicted octanol–water partition coefficient (Wildman–Crippen LogP) is 4.00. The first kappa shape index (κ1) is 17.7. The molecule has 0 spiro atoms. The number of rotatable bonds is 6. The van der Waals surface area contributed by atoms with Gasteiger partial charge >= 0.3 is 0 Å². The third-order valence-electron chi connectivity index (χ3n) is 3.63. The zero-order valence-corrected chi connectivity index (χ0v) is 14.8. The summed E-state index contributed by atoms with van der Waals surface area (Å²) in [5.41, 5.74) is 1.92. The summed E-state index contributed by atoms with van der Waals surface area (Å²) in [6.45, 7) is 0.604. The van der Waals surface area contributed by atoms with Crippen molar-refractivity contribution in [2.45, 2.75) is 6.54 Å². The largest absolute Gasteiger partial charge is 0.495 e. The Hall–Kier alpha value is -3.12. The van der Waals surface area contributed by atoms with E-state index in [1.807, 2.05) is 30.3 Å². The van der Waals surface area contributed by atoms with Gasteiger partial charge in [-0.1, -0.05) is 41.9 Å². The van der Waals surface area contributed by atoms with Gasteiger partial charge in [-0.2, -0.15) is 0 Å². The van der Waals surface area contributed by atoms with Crippen LogP contribution in [0, 0.1) is 0 Å². The van der Waals surface area contributed by atoms with Crippen LogP contribution in [0.1, 0.15) is 16.1 Å². The highest BCUT2D eigenvalue weighted by Crippen LogP contribution is 2.27. The van der Waals surface area contributed by atoms with Crippen LogP contribution in [-0.2, 0) is 6.54 Å². The highest BCUT2D eigenvalue weighted by atomic mass is 35.5. The first-order valence-electron chi connectivity index (χ1n) is 7.90. The molecule has 0 saturated heterocycles. The third-order valence-corrected chi connectivity index (χ3v) is 3.92. The lowest BCUT2D eigenvalue weighted by Crippen LogP contribution is -2.14. The molecule has 1 heterocycles. The number of methoxy groups -OCH3 is 1. The van der Waals surface area contributed by atoms with Crippen molar-refractivity contribution in [2.75, 3.05) is 17.7 Å². The zero-order chi connectivity index (χ0) is 18.4. The molecule has 0 aliphatic rings. The van der Waals surface area contributed by atoms with Crippen LogP contribution in [0.3, 0.4) is 0 Å². The summed E-state index contributed by atoms with van der Waals surface area (Å²) >= 11 is 6.07. The summed E-state index contributed by atoms with van der Waals surface area (Å²) in [4.78, 5) is 20.6. The number of carbonyl (C=O) groups is 1. The first-order chi connectivity index (χ1) is 12.7. The maximum absolute atomic E-state index is 12.4. The van der Waals surface area contributed by atoms with E-state index >= 15 is 0 Å². The number of hydrogen-bond acceptors (Lipinski definition) is 5. The van der Waals surface area contributed by atoms with Crippen LogP contribution in [0.15, 0.2) is 60.9 Å². The molecule has 26 heavy (non-hydrogen) atoms. The maximum Gasteiger partial charge on any atom is 0.274 e. The van der Waals surface area contributed by atoms with E-state index in [1.54, 1.807) is 24.3 Å². The van der Waals surface area contributed by atoms with Gasteiger partial charge in [0.1, 0.15) is 23.6 Å². The fourth-order valence-electron chi connectivity index (χ4n) is 2.31. The molecule has 3 aromatic rings. The Morgan fingerprint density at radius 2 is 1.92 bits per heavy atom. The number of nitrogens with one attached hydrogen (secondary N) is 2. The predicted molar refractivity (Wildman–Crippen MR) is 102 cm³/mol. The number of aromatic nitrogens is 2. The van der Waals surface area contributed by atoms with Crippen LogP contribution >= 0.6 is 11.6 Å². The molecule has 7 heteroatoms. The van der Waals surface area contributed by atoms with Gasteiger partial charge in [-0.05, 0) is 23.8 Å². The van der Waals surface area contributed by atoms with E-state index in [9.17, 15) is 4.79 Å². The summed E-state index contributed by atoms with van der Waals surface area (Å²) < 4.78 is 5.10. The van der Waals surface area contributed by atoms with Crippen molar-refractivity contribution >= 4 is 29.0 Å². The van der Waals surface area contributed by atoms with E-state index < -0.39 is 0 Å². The quantitative estimate of drug-likeness (QED) is 0.687. The van der Waals surface area contributed by atoms with Crippen molar-refractivity contribution in [1.29, 1.82) is 0 Å². The molecule has 0 bridgehead atoms. The molecule has 1 amide bonds. The summed E-state index contributed by atoms with van der Waals surface area (Å²) in [5.74, 6) is 0.761. The molecular formula is C19H17ClN4O2. The number of amides is 1. The van der Waals surface area contributed by atoms with Gasteiger partial charge in [-0.25, -0.2) is 9.97 Å². The summed E-state index contributed by atoms with van der Waals surface area (Å²) in [5, 5.41) is 6.34. The fourth-order valence-corrected chi connectivity index (χ4v) is 2.56. The molecule has 132 valence electrons. The van der Waals surface area contributed by atoms with Crippen molar-refractivity contribution in [3.05, 3.63) is 77.2 Å². The second-order valence-electron chi connectivity index (χ2n) is 5.43. The minimum Gasteiger partial charge on any atom is -0.495 e. The van der Waals surface area contributed by atoms with Crippen molar-refractivity contribution in [2.24, 2.45) is 0 Å². The molecule has 0 saturated carbocycles. The Morgan fingerprint density at radius 1 is 1.12 bits per heavy atom. The van der Waals surface area contributed by atoms with E-state index in [2.05, 4.69) is 20.6 Å². The zero-order valence-electron chi connectivity index (χ0n) is 14.1. The van der Waals surface area contributed by atoms with Crippen molar-refractivity contribution in [3.63, 3.8) is 0 Å².